The largest absolute Gasteiger partial charge is 0.367 e. The second kappa shape index (κ2) is 7.24. The summed E-state index contributed by atoms with van der Waals surface area (Å²) in [4.78, 5) is 21.2. The van der Waals surface area contributed by atoms with Crippen molar-refractivity contribution in [2.75, 3.05) is 42.9 Å². The van der Waals surface area contributed by atoms with E-state index in [0.29, 0.717) is 5.69 Å². The molecule has 0 aliphatic carbocycles. The summed E-state index contributed by atoms with van der Waals surface area (Å²) in [6.07, 6.45) is 1.63. The SMILES string of the molecule is CCN1CCN(c2ccccc2NC(=O)c2ccccn2)CC1. The zero-order valence-corrected chi connectivity index (χ0v) is 13.4. The van der Waals surface area contributed by atoms with Gasteiger partial charge in [0, 0.05) is 32.4 Å². The lowest BCUT2D eigenvalue weighted by Gasteiger charge is -2.36. The van der Waals surface area contributed by atoms with Crippen LogP contribution in [0.25, 0.3) is 0 Å². The highest BCUT2D eigenvalue weighted by atomic mass is 16.1. The van der Waals surface area contributed by atoms with Gasteiger partial charge < -0.3 is 15.1 Å². The third kappa shape index (κ3) is 3.68. The molecule has 1 aliphatic rings. The summed E-state index contributed by atoms with van der Waals surface area (Å²) in [6, 6.07) is 13.3. The predicted octanol–water partition coefficient (Wildman–Crippen LogP) is 2.48. The van der Waals surface area contributed by atoms with Crippen molar-refractivity contribution in [3.05, 3.63) is 54.4 Å². The minimum atomic E-state index is -0.176. The molecule has 1 aromatic heterocycles. The molecule has 2 heterocycles. The van der Waals surface area contributed by atoms with E-state index in [4.69, 9.17) is 0 Å². The number of hydrogen-bond donors (Lipinski definition) is 1. The molecule has 1 saturated heterocycles. The van der Waals surface area contributed by atoms with Crippen LogP contribution in [0, 0.1) is 0 Å². The number of anilines is 2. The van der Waals surface area contributed by atoms with Crippen molar-refractivity contribution in [3.8, 4) is 0 Å². The molecule has 0 unspecified atom stereocenters. The van der Waals surface area contributed by atoms with Gasteiger partial charge in [-0.25, -0.2) is 0 Å². The van der Waals surface area contributed by atoms with Crippen molar-refractivity contribution < 1.29 is 4.79 Å². The van der Waals surface area contributed by atoms with E-state index in [2.05, 4.69) is 33.1 Å². The molecule has 0 atom stereocenters. The average molecular weight is 310 g/mol. The molecule has 1 amide bonds. The smallest absolute Gasteiger partial charge is 0.274 e. The van der Waals surface area contributed by atoms with Crippen molar-refractivity contribution in [2.45, 2.75) is 6.92 Å². The van der Waals surface area contributed by atoms with E-state index in [-0.39, 0.29) is 5.91 Å². The van der Waals surface area contributed by atoms with Crippen LogP contribution in [0.15, 0.2) is 48.7 Å². The van der Waals surface area contributed by atoms with E-state index in [1.807, 2.05) is 24.3 Å². The molecular weight excluding hydrogens is 288 g/mol. The van der Waals surface area contributed by atoms with Gasteiger partial charge in [-0.2, -0.15) is 0 Å². The fourth-order valence-corrected chi connectivity index (χ4v) is 2.84. The van der Waals surface area contributed by atoms with Crippen LogP contribution < -0.4 is 10.2 Å². The van der Waals surface area contributed by atoms with Crippen LogP contribution in [0.3, 0.4) is 0 Å². The molecule has 1 aliphatic heterocycles. The molecule has 0 saturated carbocycles. The number of likely N-dealkylation sites (N-methyl/N-ethyl adjacent to an activating group) is 1. The normalized spacial score (nSPS) is 15.4. The van der Waals surface area contributed by atoms with Crippen LogP contribution >= 0.6 is 0 Å². The van der Waals surface area contributed by atoms with Gasteiger partial charge in [0.15, 0.2) is 0 Å². The van der Waals surface area contributed by atoms with Gasteiger partial charge in [0.2, 0.25) is 0 Å². The first-order valence-corrected chi connectivity index (χ1v) is 8.06. The highest BCUT2D eigenvalue weighted by Crippen LogP contribution is 2.27. The zero-order chi connectivity index (χ0) is 16.1. The minimum absolute atomic E-state index is 0.176. The minimum Gasteiger partial charge on any atom is -0.367 e. The lowest BCUT2D eigenvalue weighted by molar-refractivity contribution is 0.102. The lowest BCUT2D eigenvalue weighted by Crippen LogP contribution is -2.46. The van der Waals surface area contributed by atoms with Crippen molar-refractivity contribution in [3.63, 3.8) is 0 Å². The summed E-state index contributed by atoms with van der Waals surface area (Å²) in [5.41, 5.74) is 2.35. The van der Waals surface area contributed by atoms with E-state index in [1.54, 1.807) is 18.3 Å². The first-order valence-electron chi connectivity index (χ1n) is 8.06. The van der Waals surface area contributed by atoms with Crippen LogP contribution in [0.2, 0.25) is 0 Å². The maximum absolute atomic E-state index is 12.3. The van der Waals surface area contributed by atoms with Crippen molar-refractivity contribution in [1.29, 1.82) is 0 Å². The Morgan fingerprint density at radius 3 is 2.52 bits per heavy atom. The second-order valence-corrected chi connectivity index (χ2v) is 5.61. The van der Waals surface area contributed by atoms with Crippen molar-refractivity contribution in [1.82, 2.24) is 9.88 Å². The van der Waals surface area contributed by atoms with Gasteiger partial charge in [0.1, 0.15) is 5.69 Å². The number of nitrogens with zero attached hydrogens (tertiary/aromatic N) is 3. The molecule has 0 spiro atoms. The third-order valence-electron chi connectivity index (χ3n) is 4.21. The molecule has 3 rings (SSSR count). The topological polar surface area (TPSA) is 48.5 Å². The fraction of sp³-hybridized carbons (Fsp3) is 0.333. The summed E-state index contributed by atoms with van der Waals surface area (Å²) in [5.74, 6) is -0.176. The van der Waals surface area contributed by atoms with E-state index in [0.717, 1.165) is 44.1 Å². The Kier molecular flexibility index (Phi) is 4.88. The Balaban J connectivity index is 1.75. The second-order valence-electron chi connectivity index (χ2n) is 5.61. The first kappa shape index (κ1) is 15.5. The number of pyridine rings is 1. The van der Waals surface area contributed by atoms with Gasteiger partial charge in [0.25, 0.3) is 5.91 Å². The monoisotopic (exact) mass is 310 g/mol. The summed E-state index contributed by atoms with van der Waals surface area (Å²) in [6.45, 7) is 7.34. The molecule has 1 aromatic carbocycles. The van der Waals surface area contributed by atoms with Gasteiger partial charge in [-0.15, -0.1) is 0 Å². The van der Waals surface area contributed by atoms with E-state index in [1.165, 1.54) is 0 Å². The third-order valence-corrected chi connectivity index (χ3v) is 4.21. The number of rotatable bonds is 4. The molecule has 23 heavy (non-hydrogen) atoms. The summed E-state index contributed by atoms with van der Waals surface area (Å²) < 4.78 is 0. The van der Waals surface area contributed by atoms with Gasteiger partial charge >= 0.3 is 0 Å². The average Bonchev–Trinajstić information content (AvgIpc) is 2.63. The Labute approximate surface area is 136 Å². The van der Waals surface area contributed by atoms with Crippen LogP contribution in [-0.2, 0) is 0 Å². The summed E-state index contributed by atoms with van der Waals surface area (Å²) in [5, 5.41) is 2.99. The molecule has 5 nitrogen and oxygen atoms in total. The standard InChI is InChI=1S/C18H22N4O/c1-2-21-11-13-22(14-12-21)17-9-4-3-7-15(17)20-18(23)16-8-5-6-10-19-16/h3-10H,2,11-14H2,1H3,(H,20,23). The summed E-state index contributed by atoms with van der Waals surface area (Å²) >= 11 is 0. The van der Waals surface area contributed by atoms with E-state index >= 15 is 0 Å². The number of hydrogen-bond acceptors (Lipinski definition) is 4. The number of piperazine rings is 1. The highest BCUT2D eigenvalue weighted by molar-refractivity contribution is 6.04. The Hall–Kier alpha value is -2.40. The van der Waals surface area contributed by atoms with Gasteiger partial charge in [-0.1, -0.05) is 25.1 Å². The maximum Gasteiger partial charge on any atom is 0.274 e. The zero-order valence-electron chi connectivity index (χ0n) is 13.4. The van der Waals surface area contributed by atoms with Crippen LogP contribution in [0.4, 0.5) is 11.4 Å². The fourth-order valence-electron chi connectivity index (χ4n) is 2.84. The molecule has 1 fully saturated rings. The highest BCUT2D eigenvalue weighted by Gasteiger charge is 2.19. The number of benzene rings is 1. The number of nitrogens with one attached hydrogen (secondary N) is 1. The van der Waals surface area contributed by atoms with E-state index < -0.39 is 0 Å². The Bertz CT molecular complexity index is 651. The number of carbonyl (C=O) groups is 1. The molecular formula is C18H22N4O. The van der Waals surface area contributed by atoms with E-state index in [9.17, 15) is 4.79 Å². The number of aromatic nitrogens is 1. The summed E-state index contributed by atoms with van der Waals surface area (Å²) in [7, 11) is 0. The van der Waals surface area contributed by atoms with Gasteiger partial charge in [-0.3, -0.25) is 9.78 Å². The first-order chi connectivity index (χ1) is 11.3. The maximum atomic E-state index is 12.3. The number of carbonyl (C=O) groups excluding carboxylic acids is 1. The molecule has 1 N–H and O–H groups in total. The molecule has 2 aromatic rings. The molecule has 0 radical (unpaired) electrons. The van der Waals surface area contributed by atoms with Crippen molar-refractivity contribution in [2.24, 2.45) is 0 Å². The van der Waals surface area contributed by atoms with Crippen LogP contribution in [0.1, 0.15) is 17.4 Å². The quantitative estimate of drug-likeness (QED) is 0.942. The molecule has 120 valence electrons. The van der Waals surface area contributed by atoms with Crippen LogP contribution in [0.5, 0.6) is 0 Å². The van der Waals surface area contributed by atoms with Crippen molar-refractivity contribution >= 4 is 17.3 Å². The molecule has 0 bridgehead atoms. The number of amides is 1. The van der Waals surface area contributed by atoms with Gasteiger partial charge in [-0.05, 0) is 30.8 Å². The Morgan fingerprint density at radius 2 is 1.83 bits per heavy atom. The number of para-hydroxylation sites is 2. The molecule has 5 heteroatoms. The van der Waals surface area contributed by atoms with Crippen LogP contribution in [-0.4, -0.2) is 48.5 Å². The predicted molar refractivity (Wildman–Crippen MR) is 93.0 cm³/mol. The Morgan fingerprint density at radius 1 is 1.09 bits per heavy atom. The van der Waals surface area contributed by atoms with Gasteiger partial charge in [0.05, 0.1) is 11.4 Å². The lowest BCUT2D eigenvalue weighted by atomic mass is 10.2.